The number of hydrogen-bond donors (Lipinski definition) is 0. The third-order valence-corrected chi connectivity index (χ3v) is 5.48. The summed E-state index contributed by atoms with van der Waals surface area (Å²) >= 11 is 0. The summed E-state index contributed by atoms with van der Waals surface area (Å²) in [5.74, 6) is 2.00. The van der Waals surface area contributed by atoms with Gasteiger partial charge < -0.3 is 14.0 Å². The zero-order valence-electron chi connectivity index (χ0n) is 16.8. The van der Waals surface area contributed by atoms with E-state index in [9.17, 15) is 4.79 Å². The second kappa shape index (κ2) is 7.19. The molecule has 3 aromatic carbocycles. The van der Waals surface area contributed by atoms with E-state index in [1.807, 2.05) is 60.7 Å². The van der Waals surface area contributed by atoms with E-state index in [4.69, 9.17) is 9.47 Å². The highest BCUT2D eigenvalue weighted by Crippen LogP contribution is 2.35. The van der Waals surface area contributed by atoms with Crippen molar-refractivity contribution in [1.29, 1.82) is 0 Å². The lowest BCUT2D eigenvalue weighted by atomic mass is 9.93. The average molecular weight is 396 g/mol. The van der Waals surface area contributed by atoms with Crippen molar-refractivity contribution >= 4 is 22.6 Å². The molecule has 2 heterocycles. The highest BCUT2D eigenvalue weighted by molar-refractivity contribution is 5.93. The van der Waals surface area contributed by atoms with Crippen LogP contribution in [-0.2, 0) is 6.54 Å². The van der Waals surface area contributed by atoms with Crippen LogP contribution in [0.2, 0.25) is 0 Å². The van der Waals surface area contributed by atoms with E-state index in [1.165, 1.54) is 5.56 Å². The number of ether oxygens (including phenoxy) is 2. The predicted octanol–water partition coefficient (Wildman–Crippen LogP) is 4.36. The summed E-state index contributed by atoms with van der Waals surface area (Å²) in [6.07, 6.45) is 2.05. The molecule has 0 atom stereocenters. The fourth-order valence-corrected chi connectivity index (χ4v) is 4.05. The van der Waals surface area contributed by atoms with E-state index in [1.54, 1.807) is 14.2 Å². The van der Waals surface area contributed by atoms with Gasteiger partial charge in [0, 0.05) is 5.57 Å². The quantitative estimate of drug-likeness (QED) is 0.455. The van der Waals surface area contributed by atoms with Gasteiger partial charge in [0.15, 0.2) is 11.5 Å². The number of aromatic nitrogens is 2. The van der Waals surface area contributed by atoms with E-state index < -0.39 is 0 Å². The van der Waals surface area contributed by atoms with Crippen molar-refractivity contribution in [1.82, 2.24) is 9.55 Å². The maximum atomic E-state index is 12.8. The minimum absolute atomic E-state index is 0.213. The molecule has 30 heavy (non-hydrogen) atoms. The van der Waals surface area contributed by atoms with Gasteiger partial charge in [-0.3, -0.25) is 4.79 Å². The SMILES string of the molecule is COc1ccc(C=C2c3ccccc3Cn3c2nc(=O)c2ccccc23)cc1OC. The molecule has 5 nitrogen and oxygen atoms in total. The van der Waals surface area contributed by atoms with Crippen LogP contribution in [0.1, 0.15) is 22.5 Å². The monoisotopic (exact) mass is 396 g/mol. The van der Waals surface area contributed by atoms with Gasteiger partial charge in [0.05, 0.1) is 31.7 Å². The molecule has 0 amide bonds. The third kappa shape index (κ3) is 2.87. The van der Waals surface area contributed by atoms with Crippen LogP contribution in [0.25, 0.3) is 22.6 Å². The molecule has 0 bridgehead atoms. The fraction of sp³-hybridized carbons (Fsp3) is 0.120. The first-order valence-corrected chi connectivity index (χ1v) is 9.71. The molecule has 0 fully saturated rings. The van der Waals surface area contributed by atoms with Gasteiger partial charge in [0.25, 0.3) is 5.56 Å². The van der Waals surface area contributed by atoms with Crippen molar-refractivity contribution in [3.8, 4) is 11.5 Å². The molecular formula is C25H20N2O3. The number of methoxy groups -OCH3 is 2. The molecule has 5 heteroatoms. The first kappa shape index (κ1) is 18.2. The van der Waals surface area contributed by atoms with Crippen LogP contribution in [0.15, 0.2) is 71.5 Å². The van der Waals surface area contributed by atoms with E-state index in [0.29, 0.717) is 29.3 Å². The van der Waals surface area contributed by atoms with Crippen molar-refractivity contribution in [2.75, 3.05) is 14.2 Å². The van der Waals surface area contributed by atoms with Gasteiger partial charge in [-0.05, 0) is 47.0 Å². The van der Waals surface area contributed by atoms with Crippen molar-refractivity contribution in [3.05, 3.63) is 99.6 Å². The third-order valence-electron chi connectivity index (χ3n) is 5.48. The largest absolute Gasteiger partial charge is 0.493 e. The minimum Gasteiger partial charge on any atom is -0.493 e. The molecule has 0 saturated heterocycles. The maximum Gasteiger partial charge on any atom is 0.281 e. The van der Waals surface area contributed by atoms with Gasteiger partial charge >= 0.3 is 0 Å². The summed E-state index contributed by atoms with van der Waals surface area (Å²) in [7, 11) is 3.23. The van der Waals surface area contributed by atoms with E-state index in [-0.39, 0.29) is 5.56 Å². The molecule has 0 saturated carbocycles. The number of fused-ring (bicyclic) bond motifs is 4. The van der Waals surface area contributed by atoms with Crippen molar-refractivity contribution in [3.63, 3.8) is 0 Å². The Morgan fingerprint density at radius 2 is 1.70 bits per heavy atom. The lowest BCUT2D eigenvalue weighted by molar-refractivity contribution is 0.355. The van der Waals surface area contributed by atoms with Gasteiger partial charge in [-0.25, -0.2) is 0 Å². The van der Waals surface area contributed by atoms with Gasteiger partial charge in [0.1, 0.15) is 5.82 Å². The zero-order valence-corrected chi connectivity index (χ0v) is 16.8. The Morgan fingerprint density at radius 3 is 2.53 bits per heavy atom. The molecule has 4 aromatic rings. The van der Waals surface area contributed by atoms with Crippen LogP contribution in [0.5, 0.6) is 11.5 Å². The average Bonchev–Trinajstić information content (AvgIpc) is 2.79. The molecule has 0 spiro atoms. The zero-order chi connectivity index (χ0) is 20.7. The van der Waals surface area contributed by atoms with Gasteiger partial charge in [-0.1, -0.05) is 42.5 Å². The molecule has 5 rings (SSSR count). The highest BCUT2D eigenvalue weighted by atomic mass is 16.5. The Bertz CT molecular complexity index is 1370. The van der Waals surface area contributed by atoms with Crippen LogP contribution < -0.4 is 15.0 Å². The molecule has 0 radical (unpaired) electrons. The standard InChI is InChI=1S/C25H20N2O3/c1-29-22-12-11-16(14-23(22)30-2)13-20-18-8-4-3-7-17(18)15-27-21-10-6-5-9-19(21)25(28)26-24(20)27/h3-14H,15H2,1-2H3. The molecule has 1 aliphatic heterocycles. The summed E-state index contributed by atoms with van der Waals surface area (Å²) in [6, 6.07) is 21.6. The second-order valence-electron chi connectivity index (χ2n) is 7.17. The Labute approximate surface area is 173 Å². The summed E-state index contributed by atoms with van der Waals surface area (Å²) < 4.78 is 12.9. The number of para-hydroxylation sites is 1. The summed E-state index contributed by atoms with van der Waals surface area (Å²) in [5, 5.41) is 0.631. The second-order valence-corrected chi connectivity index (χ2v) is 7.17. The molecule has 148 valence electrons. The van der Waals surface area contributed by atoms with Crippen molar-refractivity contribution < 1.29 is 9.47 Å². The van der Waals surface area contributed by atoms with Crippen molar-refractivity contribution in [2.24, 2.45) is 0 Å². The Morgan fingerprint density at radius 1 is 0.933 bits per heavy atom. The molecular weight excluding hydrogens is 376 g/mol. The fourth-order valence-electron chi connectivity index (χ4n) is 4.05. The number of nitrogens with zero attached hydrogens (tertiary/aromatic N) is 2. The molecule has 1 aliphatic rings. The van der Waals surface area contributed by atoms with Gasteiger partial charge in [0.2, 0.25) is 0 Å². The first-order valence-electron chi connectivity index (χ1n) is 9.71. The van der Waals surface area contributed by atoms with Crippen molar-refractivity contribution in [2.45, 2.75) is 6.54 Å². The van der Waals surface area contributed by atoms with Crippen LogP contribution in [0, 0.1) is 0 Å². The normalized spacial score (nSPS) is 13.7. The van der Waals surface area contributed by atoms with Crippen LogP contribution >= 0.6 is 0 Å². The topological polar surface area (TPSA) is 53.4 Å². The number of hydrogen-bond acceptors (Lipinski definition) is 4. The van der Waals surface area contributed by atoms with E-state index in [2.05, 4.69) is 21.7 Å². The summed E-state index contributed by atoms with van der Waals surface area (Å²) in [6.45, 7) is 0.669. The number of benzene rings is 3. The Kier molecular flexibility index (Phi) is 4.36. The summed E-state index contributed by atoms with van der Waals surface area (Å²) in [4.78, 5) is 17.2. The maximum absolute atomic E-state index is 12.8. The lowest BCUT2D eigenvalue weighted by Gasteiger charge is -2.25. The molecule has 0 N–H and O–H groups in total. The highest BCUT2D eigenvalue weighted by Gasteiger charge is 2.23. The number of rotatable bonds is 3. The minimum atomic E-state index is -0.213. The van der Waals surface area contributed by atoms with E-state index >= 15 is 0 Å². The Hall–Kier alpha value is -3.86. The molecule has 0 unspecified atom stereocenters. The predicted molar refractivity (Wildman–Crippen MR) is 118 cm³/mol. The van der Waals surface area contributed by atoms with Gasteiger partial charge in [-0.15, -0.1) is 0 Å². The lowest BCUT2D eigenvalue weighted by Crippen LogP contribution is -2.23. The first-order chi connectivity index (χ1) is 14.7. The smallest absolute Gasteiger partial charge is 0.281 e. The molecule has 0 aliphatic carbocycles. The van der Waals surface area contributed by atoms with Gasteiger partial charge in [-0.2, -0.15) is 4.98 Å². The Balaban J connectivity index is 1.79. The van der Waals surface area contributed by atoms with Crippen LogP contribution in [0.4, 0.5) is 0 Å². The van der Waals surface area contributed by atoms with E-state index in [0.717, 1.165) is 22.2 Å². The van der Waals surface area contributed by atoms with Crippen LogP contribution in [-0.4, -0.2) is 23.8 Å². The molecule has 1 aromatic heterocycles. The van der Waals surface area contributed by atoms with Crippen LogP contribution in [0.3, 0.4) is 0 Å². The summed E-state index contributed by atoms with van der Waals surface area (Å²) in [5.41, 5.74) is 4.79.